The van der Waals surface area contributed by atoms with Crippen LogP contribution in [0.4, 0.5) is 0 Å². The number of nitrogens with zero attached hydrogens (tertiary/aromatic N) is 1. The summed E-state index contributed by atoms with van der Waals surface area (Å²) in [5.74, 6) is 2.48. The van der Waals surface area contributed by atoms with Crippen LogP contribution < -0.4 is 14.8 Å². The molecule has 24 heavy (non-hydrogen) atoms. The van der Waals surface area contributed by atoms with Crippen LogP contribution in [-0.2, 0) is 0 Å². The standard InChI is InChI=1S/C20H32N2O2/c1-3-24-18-10-9-17(15-19(18)23-2)20(16-7-5-4-6-8-16)22-13-11-21-12-14-22/h9-10,15-16,20-21H,3-8,11-14H2,1-2H3/t20-/m0/s1. The summed E-state index contributed by atoms with van der Waals surface area (Å²) in [5.41, 5.74) is 1.39. The highest BCUT2D eigenvalue weighted by Crippen LogP contribution is 2.41. The molecule has 3 rings (SSSR count). The molecule has 1 aromatic carbocycles. The Labute approximate surface area is 146 Å². The Balaban J connectivity index is 1.88. The minimum Gasteiger partial charge on any atom is -0.493 e. The highest BCUT2D eigenvalue weighted by molar-refractivity contribution is 5.44. The van der Waals surface area contributed by atoms with Gasteiger partial charge in [-0.3, -0.25) is 4.90 Å². The first-order chi connectivity index (χ1) is 11.8. The number of methoxy groups -OCH3 is 1. The zero-order chi connectivity index (χ0) is 16.8. The highest BCUT2D eigenvalue weighted by atomic mass is 16.5. The van der Waals surface area contributed by atoms with E-state index in [1.54, 1.807) is 7.11 Å². The molecule has 0 amide bonds. The first-order valence-corrected chi connectivity index (χ1v) is 9.59. The lowest BCUT2D eigenvalue weighted by molar-refractivity contribution is 0.103. The molecule has 1 heterocycles. The van der Waals surface area contributed by atoms with Crippen molar-refractivity contribution < 1.29 is 9.47 Å². The van der Waals surface area contributed by atoms with E-state index >= 15 is 0 Å². The van der Waals surface area contributed by atoms with Crippen molar-refractivity contribution in [2.24, 2.45) is 5.92 Å². The molecule has 0 bridgehead atoms. The Morgan fingerprint density at radius 3 is 2.54 bits per heavy atom. The molecular formula is C20H32N2O2. The van der Waals surface area contributed by atoms with Crippen molar-refractivity contribution in [2.45, 2.75) is 45.1 Å². The normalized spacial score (nSPS) is 21.4. The molecule has 1 aromatic rings. The van der Waals surface area contributed by atoms with Gasteiger partial charge in [-0.05, 0) is 43.4 Å². The third-order valence-electron chi connectivity index (χ3n) is 5.47. The zero-order valence-corrected chi connectivity index (χ0v) is 15.2. The topological polar surface area (TPSA) is 33.7 Å². The Kier molecular flexibility index (Phi) is 6.38. The van der Waals surface area contributed by atoms with Gasteiger partial charge >= 0.3 is 0 Å². The first kappa shape index (κ1) is 17.6. The van der Waals surface area contributed by atoms with Crippen molar-refractivity contribution in [2.75, 3.05) is 39.9 Å². The minimum absolute atomic E-state index is 0.511. The van der Waals surface area contributed by atoms with E-state index in [-0.39, 0.29) is 0 Å². The molecule has 1 aliphatic carbocycles. The molecule has 0 aromatic heterocycles. The SMILES string of the molecule is CCOc1ccc([C@H](C2CCCCC2)N2CCNCC2)cc1OC. The van der Waals surface area contributed by atoms with Crippen LogP contribution in [0.15, 0.2) is 18.2 Å². The number of piperazine rings is 1. The highest BCUT2D eigenvalue weighted by Gasteiger charge is 2.31. The van der Waals surface area contributed by atoms with Crippen LogP contribution in [0.5, 0.6) is 11.5 Å². The molecule has 1 aliphatic heterocycles. The quantitative estimate of drug-likeness (QED) is 0.863. The second-order valence-corrected chi connectivity index (χ2v) is 6.97. The van der Waals surface area contributed by atoms with Crippen molar-refractivity contribution in [1.82, 2.24) is 10.2 Å². The first-order valence-electron chi connectivity index (χ1n) is 9.59. The van der Waals surface area contributed by atoms with Crippen molar-refractivity contribution in [1.29, 1.82) is 0 Å². The second kappa shape index (κ2) is 8.72. The summed E-state index contributed by atoms with van der Waals surface area (Å²) in [6, 6.07) is 7.08. The Morgan fingerprint density at radius 1 is 1.12 bits per heavy atom. The average Bonchev–Trinajstić information content (AvgIpc) is 2.65. The van der Waals surface area contributed by atoms with Gasteiger partial charge < -0.3 is 14.8 Å². The number of ether oxygens (including phenoxy) is 2. The van der Waals surface area contributed by atoms with Crippen LogP contribution >= 0.6 is 0 Å². The van der Waals surface area contributed by atoms with E-state index in [1.807, 2.05) is 6.92 Å². The van der Waals surface area contributed by atoms with Gasteiger partial charge in [0.1, 0.15) is 0 Å². The summed E-state index contributed by atoms with van der Waals surface area (Å²) >= 11 is 0. The van der Waals surface area contributed by atoms with Gasteiger partial charge in [0.15, 0.2) is 11.5 Å². The monoisotopic (exact) mass is 332 g/mol. The molecule has 0 spiro atoms. The van der Waals surface area contributed by atoms with E-state index in [4.69, 9.17) is 9.47 Å². The van der Waals surface area contributed by atoms with Gasteiger partial charge in [-0.15, -0.1) is 0 Å². The number of rotatable bonds is 6. The largest absolute Gasteiger partial charge is 0.493 e. The van der Waals surface area contributed by atoms with Crippen molar-refractivity contribution in [3.05, 3.63) is 23.8 Å². The van der Waals surface area contributed by atoms with Gasteiger partial charge in [0.25, 0.3) is 0 Å². The second-order valence-electron chi connectivity index (χ2n) is 6.97. The summed E-state index contributed by atoms with van der Waals surface area (Å²) in [6.45, 7) is 7.14. The van der Waals surface area contributed by atoms with Gasteiger partial charge in [0, 0.05) is 32.2 Å². The molecule has 2 aliphatic rings. The van der Waals surface area contributed by atoms with Crippen molar-refractivity contribution in [3.63, 3.8) is 0 Å². The lowest BCUT2D eigenvalue weighted by Crippen LogP contribution is -2.47. The number of benzene rings is 1. The number of nitrogens with one attached hydrogen (secondary N) is 1. The van der Waals surface area contributed by atoms with E-state index in [2.05, 4.69) is 28.4 Å². The van der Waals surface area contributed by atoms with Crippen LogP contribution in [0.1, 0.15) is 50.6 Å². The predicted octanol–water partition coefficient (Wildman–Crippen LogP) is 3.62. The average molecular weight is 332 g/mol. The zero-order valence-electron chi connectivity index (χ0n) is 15.2. The van der Waals surface area contributed by atoms with Gasteiger partial charge in [0.05, 0.1) is 13.7 Å². The smallest absolute Gasteiger partial charge is 0.161 e. The molecular weight excluding hydrogens is 300 g/mol. The third-order valence-corrected chi connectivity index (χ3v) is 5.47. The summed E-state index contributed by atoms with van der Waals surface area (Å²) in [7, 11) is 1.74. The summed E-state index contributed by atoms with van der Waals surface area (Å²) in [5, 5.41) is 3.49. The van der Waals surface area contributed by atoms with Gasteiger partial charge in [-0.2, -0.15) is 0 Å². The maximum Gasteiger partial charge on any atom is 0.161 e. The van der Waals surface area contributed by atoms with Crippen LogP contribution in [0, 0.1) is 5.92 Å². The van der Waals surface area contributed by atoms with Crippen molar-refractivity contribution >= 4 is 0 Å². The van der Waals surface area contributed by atoms with E-state index in [9.17, 15) is 0 Å². The molecule has 1 saturated heterocycles. The lowest BCUT2D eigenvalue weighted by Gasteiger charge is -2.41. The fraction of sp³-hybridized carbons (Fsp3) is 0.700. The minimum atomic E-state index is 0.511. The lowest BCUT2D eigenvalue weighted by atomic mass is 9.80. The maximum absolute atomic E-state index is 5.70. The van der Waals surface area contributed by atoms with Crippen molar-refractivity contribution in [3.8, 4) is 11.5 Å². The maximum atomic E-state index is 5.70. The molecule has 0 radical (unpaired) electrons. The van der Waals surface area contributed by atoms with Gasteiger partial charge in [-0.1, -0.05) is 25.3 Å². The van der Waals surface area contributed by atoms with Crippen LogP contribution in [0.25, 0.3) is 0 Å². The molecule has 1 atom stereocenters. The number of hydrogen-bond donors (Lipinski definition) is 1. The molecule has 1 N–H and O–H groups in total. The van der Waals surface area contributed by atoms with Gasteiger partial charge in [0.2, 0.25) is 0 Å². The number of hydrogen-bond acceptors (Lipinski definition) is 4. The van der Waals surface area contributed by atoms with E-state index < -0.39 is 0 Å². The van der Waals surface area contributed by atoms with E-state index in [0.29, 0.717) is 12.6 Å². The molecule has 2 fully saturated rings. The van der Waals surface area contributed by atoms with Crippen LogP contribution in [0.3, 0.4) is 0 Å². The predicted molar refractivity (Wildman–Crippen MR) is 97.9 cm³/mol. The van der Waals surface area contributed by atoms with Crippen LogP contribution in [-0.4, -0.2) is 44.8 Å². The van der Waals surface area contributed by atoms with Gasteiger partial charge in [-0.25, -0.2) is 0 Å². The summed E-state index contributed by atoms with van der Waals surface area (Å²) in [4.78, 5) is 2.68. The summed E-state index contributed by atoms with van der Waals surface area (Å²) in [6.07, 6.45) is 6.86. The molecule has 1 saturated carbocycles. The Morgan fingerprint density at radius 2 is 1.88 bits per heavy atom. The fourth-order valence-electron chi connectivity index (χ4n) is 4.33. The van der Waals surface area contributed by atoms with E-state index in [1.165, 1.54) is 37.7 Å². The molecule has 4 heteroatoms. The van der Waals surface area contributed by atoms with Crippen LogP contribution in [0.2, 0.25) is 0 Å². The Bertz CT molecular complexity index is 490. The third kappa shape index (κ3) is 4.04. The molecule has 134 valence electrons. The molecule has 4 nitrogen and oxygen atoms in total. The van der Waals surface area contributed by atoms with E-state index in [0.717, 1.165) is 43.6 Å². The Hall–Kier alpha value is -1.26. The molecule has 0 unspecified atom stereocenters. The summed E-state index contributed by atoms with van der Waals surface area (Å²) < 4.78 is 11.3. The fourth-order valence-corrected chi connectivity index (χ4v) is 4.33.